The third kappa shape index (κ3) is 5.98. The monoisotopic (exact) mass is 291 g/mol. The number of hydrogen-bond acceptors (Lipinski definition) is 2. The van der Waals surface area contributed by atoms with Gasteiger partial charge in [-0.15, -0.1) is 0 Å². The van der Waals surface area contributed by atoms with Gasteiger partial charge in [-0.1, -0.05) is 37.6 Å². The van der Waals surface area contributed by atoms with Crippen molar-refractivity contribution in [2.45, 2.75) is 40.5 Å². The highest BCUT2D eigenvalue weighted by molar-refractivity contribution is 5.80. The molecule has 0 saturated heterocycles. The molecular formula is C17H25NO3. The molecule has 116 valence electrons. The number of amides is 1. The van der Waals surface area contributed by atoms with Crippen LogP contribution < -0.4 is 5.32 Å². The van der Waals surface area contributed by atoms with Gasteiger partial charge >= 0.3 is 5.97 Å². The second kappa shape index (κ2) is 7.81. The predicted molar refractivity (Wildman–Crippen MR) is 83.2 cm³/mol. The van der Waals surface area contributed by atoms with Crippen molar-refractivity contribution in [1.29, 1.82) is 0 Å². The smallest absolute Gasteiger partial charge is 0.308 e. The van der Waals surface area contributed by atoms with Gasteiger partial charge in [0.1, 0.15) is 0 Å². The van der Waals surface area contributed by atoms with Crippen molar-refractivity contribution in [3.8, 4) is 0 Å². The van der Waals surface area contributed by atoms with Crippen molar-refractivity contribution in [2.75, 3.05) is 6.54 Å². The number of nitrogens with one attached hydrogen (secondary N) is 1. The second-order valence-electron chi connectivity index (χ2n) is 6.08. The molecule has 1 atom stereocenters. The largest absolute Gasteiger partial charge is 0.481 e. The summed E-state index contributed by atoms with van der Waals surface area (Å²) in [6.07, 6.45) is 0.862. The third-order valence-corrected chi connectivity index (χ3v) is 3.51. The lowest BCUT2D eigenvalue weighted by Gasteiger charge is -2.15. The fourth-order valence-corrected chi connectivity index (χ4v) is 2.30. The van der Waals surface area contributed by atoms with Gasteiger partial charge in [0.05, 0.1) is 12.3 Å². The maximum atomic E-state index is 12.0. The molecule has 0 aliphatic carbocycles. The summed E-state index contributed by atoms with van der Waals surface area (Å²) in [6, 6.07) is 6.01. The van der Waals surface area contributed by atoms with E-state index in [1.165, 1.54) is 0 Å². The molecular weight excluding hydrogens is 266 g/mol. The zero-order valence-electron chi connectivity index (χ0n) is 13.3. The molecule has 0 aliphatic heterocycles. The molecule has 1 unspecified atom stereocenters. The van der Waals surface area contributed by atoms with E-state index in [2.05, 4.69) is 5.32 Å². The van der Waals surface area contributed by atoms with E-state index in [1.54, 1.807) is 0 Å². The molecule has 1 aromatic carbocycles. The molecule has 1 rings (SSSR count). The first-order valence-electron chi connectivity index (χ1n) is 7.35. The SMILES string of the molecule is Cc1ccc(C)c(CC(=O)NCC(CC(C)C)C(=O)O)c1. The number of hydrogen-bond donors (Lipinski definition) is 2. The van der Waals surface area contributed by atoms with E-state index in [0.29, 0.717) is 18.8 Å². The van der Waals surface area contributed by atoms with Gasteiger partial charge in [0, 0.05) is 6.54 Å². The van der Waals surface area contributed by atoms with Crippen molar-refractivity contribution < 1.29 is 14.7 Å². The quantitative estimate of drug-likeness (QED) is 0.811. The van der Waals surface area contributed by atoms with Gasteiger partial charge in [-0.05, 0) is 37.3 Å². The van der Waals surface area contributed by atoms with Gasteiger partial charge in [0.15, 0.2) is 0 Å². The van der Waals surface area contributed by atoms with Crippen LogP contribution >= 0.6 is 0 Å². The Morgan fingerprint density at radius 2 is 1.90 bits per heavy atom. The lowest BCUT2D eigenvalue weighted by Crippen LogP contribution is -2.34. The first kappa shape index (κ1) is 17.2. The number of aliphatic carboxylic acids is 1. The fourth-order valence-electron chi connectivity index (χ4n) is 2.30. The highest BCUT2D eigenvalue weighted by Crippen LogP contribution is 2.13. The average Bonchev–Trinajstić information content (AvgIpc) is 2.38. The molecule has 0 bridgehead atoms. The van der Waals surface area contributed by atoms with E-state index in [0.717, 1.165) is 16.7 Å². The molecule has 4 heteroatoms. The maximum Gasteiger partial charge on any atom is 0.308 e. The molecule has 0 aromatic heterocycles. The Hall–Kier alpha value is -1.84. The van der Waals surface area contributed by atoms with Crippen LogP contribution in [0.25, 0.3) is 0 Å². The Labute approximate surface area is 126 Å². The van der Waals surface area contributed by atoms with Gasteiger partial charge in [0.25, 0.3) is 0 Å². The molecule has 0 aliphatic rings. The van der Waals surface area contributed by atoms with E-state index in [4.69, 9.17) is 5.11 Å². The Morgan fingerprint density at radius 3 is 2.48 bits per heavy atom. The summed E-state index contributed by atoms with van der Waals surface area (Å²) in [5, 5.41) is 11.9. The van der Waals surface area contributed by atoms with Crippen molar-refractivity contribution in [1.82, 2.24) is 5.32 Å². The summed E-state index contributed by atoms with van der Waals surface area (Å²) in [5.74, 6) is -1.20. The molecule has 1 aromatic rings. The van der Waals surface area contributed by atoms with Crippen LogP contribution in [0, 0.1) is 25.7 Å². The van der Waals surface area contributed by atoms with E-state index in [-0.39, 0.29) is 12.5 Å². The zero-order valence-corrected chi connectivity index (χ0v) is 13.3. The molecule has 0 radical (unpaired) electrons. The number of aryl methyl sites for hydroxylation is 2. The van der Waals surface area contributed by atoms with Crippen LogP contribution in [0.4, 0.5) is 0 Å². The summed E-state index contributed by atoms with van der Waals surface area (Å²) in [5.41, 5.74) is 3.18. The maximum absolute atomic E-state index is 12.0. The Kier molecular flexibility index (Phi) is 6.40. The van der Waals surface area contributed by atoms with Crippen LogP contribution in [0.3, 0.4) is 0 Å². The molecule has 4 nitrogen and oxygen atoms in total. The van der Waals surface area contributed by atoms with Gasteiger partial charge in [-0.2, -0.15) is 0 Å². The first-order chi connectivity index (χ1) is 9.79. The molecule has 0 saturated carbocycles. The van der Waals surface area contributed by atoms with Crippen LogP contribution in [0.5, 0.6) is 0 Å². The first-order valence-corrected chi connectivity index (χ1v) is 7.35. The fraction of sp³-hybridized carbons (Fsp3) is 0.529. The Balaban J connectivity index is 2.57. The summed E-state index contributed by atoms with van der Waals surface area (Å²) < 4.78 is 0. The van der Waals surface area contributed by atoms with Crippen molar-refractivity contribution in [3.05, 3.63) is 34.9 Å². The molecule has 21 heavy (non-hydrogen) atoms. The standard InChI is InChI=1S/C17H25NO3/c1-11(2)7-15(17(20)21)10-18-16(19)9-14-8-12(3)5-6-13(14)4/h5-6,8,11,15H,7,9-10H2,1-4H3,(H,18,19)(H,20,21). The third-order valence-electron chi connectivity index (χ3n) is 3.51. The molecule has 0 heterocycles. The molecule has 2 N–H and O–H groups in total. The van der Waals surface area contributed by atoms with Crippen LogP contribution in [-0.4, -0.2) is 23.5 Å². The summed E-state index contributed by atoms with van der Waals surface area (Å²) >= 11 is 0. The second-order valence-corrected chi connectivity index (χ2v) is 6.08. The van der Waals surface area contributed by atoms with Gasteiger partial charge in [-0.3, -0.25) is 9.59 Å². The van der Waals surface area contributed by atoms with E-state index < -0.39 is 11.9 Å². The topological polar surface area (TPSA) is 66.4 Å². The normalized spacial score (nSPS) is 12.2. The van der Waals surface area contributed by atoms with Gasteiger partial charge in [0.2, 0.25) is 5.91 Å². The van der Waals surface area contributed by atoms with Crippen molar-refractivity contribution >= 4 is 11.9 Å². The van der Waals surface area contributed by atoms with Crippen LogP contribution in [0.2, 0.25) is 0 Å². The lowest BCUT2D eigenvalue weighted by molar-refractivity contribution is -0.142. The summed E-state index contributed by atoms with van der Waals surface area (Å²) in [7, 11) is 0. The number of carbonyl (C=O) groups excluding carboxylic acids is 1. The highest BCUT2D eigenvalue weighted by atomic mass is 16.4. The minimum absolute atomic E-state index is 0.126. The minimum atomic E-state index is -0.851. The average molecular weight is 291 g/mol. The minimum Gasteiger partial charge on any atom is -0.481 e. The Bertz CT molecular complexity index is 509. The van der Waals surface area contributed by atoms with E-state index in [9.17, 15) is 9.59 Å². The van der Waals surface area contributed by atoms with Gasteiger partial charge in [-0.25, -0.2) is 0 Å². The molecule has 1 amide bonds. The number of rotatable bonds is 7. The summed E-state index contributed by atoms with van der Waals surface area (Å²) in [4.78, 5) is 23.1. The molecule has 0 spiro atoms. The number of carboxylic acids is 1. The highest BCUT2D eigenvalue weighted by Gasteiger charge is 2.19. The van der Waals surface area contributed by atoms with Gasteiger partial charge < -0.3 is 10.4 Å². The summed E-state index contributed by atoms with van der Waals surface area (Å²) in [6.45, 7) is 8.11. The number of carbonyl (C=O) groups is 2. The number of benzene rings is 1. The van der Waals surface area contributed by atoms with Crippen LogP contribution in [-0.2, 0) is 16.0 Å². The predicted octanol–water partition coefficient (Wildman–Crippen LogP) is 2.71. The number of carboxylic acid groups (broad SMARTS) is 1. The van der Waals surface area contributed by atoms with Crippen molar-refractivity contribution in [3.63, 3.8) is 0 Å². The van der Waals surface area contributed by atoms with Crippen molar-refractivity contribution in [2.24, 2.45) is 11.8 Å². The lowest BCUT2D eigenvalue weighted by atomic mass is 9.97. The van der Waals surface area contributed by atoms with E-state index >= 15 is 0 Å². The van der Waals surface area contributed by atoms with Crippen LogP contribution in [0.15, 0.2) is 18.2 Å². The molecule has 0 fully saturated rings. The van der Waals surface area contributed by atoms with E-state index in [1.807, 2.05) is 45.9 Å². The van der Waals surface area contributed by atoms with Crippen LogP contribution in [0.1, 0.15) is 37.0 Å². The zero-order chi connectivity index (χ0) is 16.0. The Morgan fingerprint density at radius 1 is 1.24 bits per heavy atom.